The lowest BCUT2D eigenvalue weighted by Crippen LogP contribution is -2.65. The molecule has 4 N–H and O–H groups in total. The number of ether oxygens (including phenoxy) is 9. The van der Waals surface area contributed by atoms with Gasteiger partial charge in [0.25, 0.3) is 5.85 Å². The van der Waals surface area contributed by atoms with Gasteiger partial charge in [0.2, 0.25) is 6.29 Å². The van der Waals surface area contributed by atoms with E-state index in [2.05, 4.69) is 19.3 Å². The molecule has 3 saturated heterocycles. The molecule has 3 aliphatic heterocycles. The highest BCUT2D eigenvalue weighted by Gasteiger charge is 2.66. The number of carbonyl (C=O) groups is 5. The summed E-state index contributed by atoms with van der Waals surface area (Å²) in [5.41, 5.74) is 6.09. The van der Waals surface area contributed by atoms with Gasteiger partial charge in [-0.2, -0.15) is 4.31 Å². The maximum atomic E-state index is 16.7. The van der Waals surface area contributed by atoms with Crippen molar-refractivity contribution in [3.05, 3.63) is 12.7 Å². The minimum Gasteiger partial charge on any atom is -0.462 e. The van der Waals surface area contributed by atoms with Gasteiger partial charge >= 0.3 is 45.5 Å². The molecule has 26 nitrogen and oxygen atoms in total. The maximum Gasteiger partial charge on any atom is 0.483 e. The van der Waals surface area contributed by atoms with E-state index in [1.807, 2.05) is 0 Å². The van der Waals surface area contributed by atoms with Crippen LogP contribution in [-0.2, 0) is 89.1 Å². The molecule has 328 valence electrons. The topological polar surface area (TPSA) is 340 Å². The molecule has 0 aromatic carbocycles. The molecule has 0 saturated carbocycles. The Kier molecular flexibility index (Phi) is 13.5. The first-order valence-electron chi connectivity index (χ1n) is 17.1. The summed E-state index contributed by atoms with van der Waals surface area (Å²) in [5, 5.41) is 0. The van der Waals surface area contributed by atoms with E-state index >= 15 is 4.39 Å². The van der Waals surface area contributed by atoms with Crippen molar-refractivity contribution in [2.75, 3.05) is 18.9 Å². The van der Waals surface area contributed by atoms with Crippen LogP contribution in [-0.4, -0.2) is 133 Å². The number of hydrogen-bond donors (Lipinski definition) is 3. The van der Waals surface area contributed by atoms with Gasteiger partial charge in [0.05, 0.1) is 6.33 Å². The summed E-state index contributed by atoms with van der Waals surface area (Å²) in [6, 6.07) is 0. The molecule has 29 heteroatoms. The first kappa shape index (κ1) is 45.8. The number of fused-ring (bicyclic) bond motifs is 2. The fourth-order valence-corrected chi connectivity index (χ4v) is 8.48. The molecule has 5 heterocycles. The lowest BCUT2D eigenvalue weighted by Gasteiger charge is -2.45. The van der Waals surface area contributed by atoms with Gasteiger partial charge in [-0.05, 0) is 13.8 Å². The Hall–Kier alpha value is -4.27. The number of anilines is 1. The van der Waals surface area contributed by atoms with Crippen LogP contribution >= 0.6 is 15.6 Å². The van der Waals surface area contributed by atoms with Gasteiger partial charge in [0.1, 0.15) is 37.3 Å². The number of nitrogens with two attached hydrogens (primary N) is 1. The minimum atomic E-state index is -6.05. The zero-order valence-corrected chi connectivity index (χ0v) is 33.8. The van der Waals surface area contributed by atoms with Crippen LogP contribution in [0.15, 0.2) is 12.7 Å². The summed E-state index contributed by atoms with van der Waals surface area (Å²) in [5.74, 6) is -9.83. The van der Waals surface area contributed by atoms with Crippen LogP contribution in [0.4, 0.5) is 10.2 Å². The van der Waals surface area contributed by atoms with Gasteiger partial charge in [-0.3, -0.25) is 37.6 Å². The number of phosphoric acid groups is 2. The van der Waals surface area contributed by atoms with Crippen molar-refractivity contribution in [2.24, 2.45) is 0 Å². The molecule has 3 aliphatic rings. The van der Waals surface area contributed by atoms with Crippen molar-refractivity contribution in [3.63, 3.8) is 0 Å². The van der Waals surface area contributed by atoms with Gasteiger partial charge in [-0.25, -0.2) is 28.5 Å². The number of halogens is 1. The first-order chi connectivity index (χ1) is 27.3. The van der Waals surface area contributed by atoms with E-state index < -0.39 is 126 Å². The summed E-state index contributed by atoms with van der Waals surface area (Å²) in [6.07, 6.45) is -14.2. The fraction of sp³-hybridized carbons (Fsp3) is 0.667. The largest absolute Gasteiger partial charge is 0.483 e. The second kappa shape index (κ2) is 17.4. The van der Waals surface area contributed by atoms with Crippen LogP contribution in [0.5, 0.6) is 0 Å². The van der Waals surface area contributed by atoms with E-state index in [-0.39, 0.29) is 17.0 Å². The number of phosphoric ester groups is 2. The number of aromatic nitrogens is 4. The highest BCUT2D eigenvalue weighted by atomic mass is 31.3. The van der Waals surface area contributed by atoms with Crippen LogP contribution in [0, 0.1) is 0 Å². The summed E-state index contributed by atoms with van der Waals surface area (Å²) < 4.78 is 107. The predicted molar refractivity (Wildman–Crippen MR) is 183 cm³/mol. The molecule has 0 aliphatic carbocycles. The maximum absolute atomic E-state index is 16.7. The van der Waals surface area contributed by atoms with Crippen molar-refractivity contribution in [1.29, 1.82) is 0 Å². The number of alkyl halides is 1. The van der Waals surface area contributed by atoms with Crippen molar-refractivity contribution in [1.82, 2.24) is 19.5 Å². The Labute approximate surface area is 332 Å². The van der Waals surface area contributed by atoms with Crippen molar-refractivity contribution in [3.8, 4) is 0 Å². The lowest BCUT2D eigenvalue weighted by molar-refractivity contribution is -0.301. The SMILES string of the molecule is CC(=O)OC[C@@H](OC(C)=O)[C@H]1O[C@@H](OP(=O)(O)OP(=O)(O)OC[C@@]2(F)O[C@@H](n3cnc4c(N)ncnc43)[C@@H]3OC(C)(C)O[C@@H]32)[C@@H](OC(C)=O)[C@@H](OC(C)=O)[C@@H]1OC(C)=O. The van der Waals surface area contributed by atoms with Crippen LogP contribution < -0.4 is 5.73 Å². The van der Waals surface area contributed by atoms with Crippen LogP contribution in [0.2, 0.25) is 0 Å². The first-order valence-corrected chi connectivity index (χ1v) is 20.1. The summed E-state index contributed by atoms with van der Waals surface area (Å²) in [4.78, 5) is 93.9. The third-order valence-corrected chi connectivity index (χ3v) is 10.8. The van der Waals surface area contributed by atoms with Crippen LogP contribution in [0.1, 0.15) is 54.7 Å². The van der Waals surface area contributed by atoms with E-state index in [1.54, 1.807) is 0 Å². The average molecular weight is 888 g/mol. The van der Waals surface area contributed by atoms with E-state index in [0.29, 0.717) is 0 Å². The molecule has 0 spiro atoms. The van der Waals surface area contributed by atoms with Crippen molar-refractivity contribution in [2.45, 2.75) is 115 Å². The van der Waals surface area contributed by atoms with Gasteiger partial charge in [-0.1, -0.05) is 0 Å². The minimum absolute atomic E-state index is 0.0123. The molecule has 0 radical (unpaired) electrons. The van der Waals surface area contributed by atoms with E-state index in [9.17, 15) is 42.9 Å². The second-order valence-corrected chi connectivity index (χ2v) is 16.4. The highest BCUT2D eigenvalue weighted by molar-refractivity contribution is 7.61. The smallest absolute Gasteiger partial charge is 0.462 e. The number of nitrogens with zero attached hydrogens (tertiary/aromatic N) is 4. The molecule has 5 rings (SSSR count). The number of rotatable bonds is 15. The summed E-state index contributed by atoms with van der Waals surface area (Å²) >= 11 is 0. The van der Waals surface area contributed by atoms with Gasteiger partial charge in [0, 0.05) is 34.6 Å². The number of imidazole rings is 1. The monoisotopic (exact) mass is 887 g/mol. The van der Waals surface area contributed by atoms with Crippen LogP contribution in [0.25, 0.3) is 11.2 Å². The molecular formula is C30H40FN5O21P2. The predicted octanol–water partition coefficient (Wildman–Crippen LogP) is 0.389. The zero-order valence-electron chi connectivity index (χ0n) is 32.1. The van der Waals surface area contributed by atoms with Crippen molar-refractivity contribution >= 4 is 62.5 Å². The third-order valence-electron chi connectivity index (χ3n) is 8.25. The Bertz CT molecular complexity index is 2060. The van der Waals surface area contributed by atoms with Gasteiger partial charge in [0.15, 0.2) is 54.0 Å². The third kappa shape index (κ3) is 10.9. The van der Waals surface area contributed by atoms with E-state index in [0.717, 1.165) is 40.9 Å². The second-order valence-electron chi connectivity index (χ2n) is 13.4. The molecule has 12 atom stereocenters. The molecular weight excluding hydrogens is 847 g/mol. The molecule has 2 aromatic rings. The number of esters is 5. The van der Waals surface area contributed by atoms with E-state index in [4.69, 9.17) is 57.4 Å². The molecule has 59 heavy (non-hydrogen) atoms. The molecule has 2 aromatic heterocycles. The van der Waals surface area contributed by atoms with Gasteiger partial charge < -0.3 is 58.2 Å². The Morgan fingerprint density at radius 3 is 2.12 bits per heavy atom. The molecule has 2 unspecified atom stereocenters. The lowest BCUT2D eigenvalue weighted by atomic mass is 9.94. The average Bonchev–Trinajstić information content (AvgIpc) is 3.74. The Morgan fingerprint density at radius 2 is 1.51 bits per heavy atom. The fourth-order valence-electron chi connectivity index (χ4n) is 6.32. The number of carbonyl (C=O) groups excluding carboxylic acids is 5. The number of nitrogen functional groups attached to an aromatic ring is 1. The van der Waals surface area contributed by atoms with E-state index in [1.165, 1.54) is 24.7 Å². The summed E-state index contributed by atoms with van der Waals surface area (Å²) in [7, 11) is -12.0. The molecule has 0 amide bonds. The Balaban J connectivity index is 1.40. The van der Waals surface area contributed by atoms with Crippen LogP contribution in [0.3, 0.4) is 0 Å². The van der Waals surface area contributed by atoms with Crippen molar-refractivity contribution < 1.29 is 103 Å². The molecule has 3 fully saturated rings. The molecule has 0 bridgehead atoms. The highest BCUT2D eigenvalue weighted by Crippen LogP contribution is 2.62. The number of hydrogen-bond acceptors (Lipinski definition) is 23. The zero-order chi connectivity index (χ0) is 43.8. The normalized spacial score (nSPS) is 31.2. The Morgan fingerprint density at radius 1 is 0.881 bits per heavy atom. The summed E-state index contributed by atoms with van der Waals surface area (Å²) in [6.45, 7) is 5.09. The standard InChI is InChI=1S/C30H40FN5O21P2/c1-12(37)46-8-17(48-13(2)38)19-20(49-14(3)39)21(50-15(4)40)22(51-16(5)41)28(52-19)56-59(44,45)57-58(42,43)47-9-30(31)24-23(53-29(6,7)54-24)27(55-30)36-11-35-18-25(32)33-10-34-26(18)36/h10-11,17,19-24,27-28H,8-9H2,1-7H3,(H,42,43)(H,44,45)(H2,32,33,34)/t17-,19-,20-,21+,22+,23-,24+,27-,28+,30-/m1/s1. The van der Waals surface area contributed by atoms with Gasteiger partial charge in [-0.15, -0.1) is 0 Å². The quantitative estimate of drug-likeness (QED) is 0.124.